The van der Waals surface area contributed by atoms with E-state index in [4.69, 9.17) is 11.6 Å². The molecule has 0 unspecified atom stereocenters. The Labute approximate surface area is 198 Å². The van der Waals surface area contributed by atoms with E-state index in [2.05, 4.69) is 6.92 Å². The van der Waals surface area contributed by atoms with E-state index in [0.717, 1.165) is 22.7 Å². The molecule has 0 radical (unpaired) electrons. The smallest absolute Gasteiger partial charge is 0.259 e. The molecule has 166 valence electrons. The van der Waals surface area contributed by atoms with Crippen molar-refractivity contribution in [1.29, 1.82) is 0 Å². The number of nitrogens with zero attached hydrogens (tertiary/aromatic N) is 2. The van der Waals surface area contributed by atoms with Gasteiger partial charge in [-0.2, -0.15) is 0 Å². The maximum atomic E-state index is 13.6. The highest BCUT2D eigenvalue weighted by atomic mass is 35.5. The van der Waals surface area contributed by atoms with E-state index in [1.807, 2.05) is 66.6 Å². The van der Waals surface area contributed by atoms with Crippen LogP contribution in [0.1, 0.15) is 54.6 Å². The molecule has 2 heterocycles. The third-order valence-corrected chi connectivity index (χ3v) is 7.31. The minimum Gasteiger partial charge on any atom is -0.312 e. The van der Waals surface area contributed by atoms with Gasteiger partial charge in [0.1, 0.15) is 5.00 Å². The van der Waals surface area contributed by atoms with Gasteiger partial charge in [-0.3, -0.25) is 14.5 Å². The van der Waals surface area contributed by atoms with Crippen molar-refractivity contribution in [3.8, 4) is 0 Å². The largest absolute Gasteiger partial charge is 0.312 e. The van der Waals surface area contributed by atoms with E-state index < -0.39 is 0 Å². The number of rotatable bonds is 5. The van der Waals surface area contributed by atoms with Gasteiger partial charge in [-0.1, -0.05) is 30.7 Å². The number of carbonyl (C=O) groups excluding carboxylic acids is 2. The third-order valence-electron chi connectivity index (χ3n) is 6.13. The van der Waals surface area contributed by atoms with Crippen molar-refractivity contribution in [1.82, 2.24) is 0 Å². The summed E-state index contributed by atoms with van der Waals surface area (Å²) in [6, 6.07) is 17.1. The van der Waals surface area contributed by atoms with Crippen LogP contribution < -0.4 is 9.80 Å². The Kier molecular flexibility index (Phi) is 6.68. The summed E-state index contributed by atoms with van der Waals surface area (Å²) in [7, 11) is 0. The molecule has 2 aromatic carbocycles. The maximum absolute atomic E-state index is 13.6. The quantitative estimate of drug-likeness (QED) is 0.428. The van der Waals surface area contributed by atoms with Crippen LogP contribution in [0.4, 0.5) is 10.7 Å². The molecule has 4 nitrogen and oxygen atoms in total. The lowest BCUT2D eigenvalue weighted by molar-refractivity contribution is -0.120. The summed E-state index contributed by atoms with van der Waals surface area (Å²) in [5.41, 5.74) is 3.65. The first-order chi connectivity index (χ1) is 15.4. The number of anilines is 2. The number of hydrogen-bond acceptors (Lipinski definition) is 3. The molecule has 32 heavy (non-hydrogen) atoms. The average Bonchev–Trinajstić information content (AvgIpc) is 3.29. The van der Waals surface area contributed by atoms with Crippen molar-refractivity contribution in [2.45, 2.75) is 45.6 Å². The van der Waals surface area contributed by atoms with Gasteiger partial charge >= 0.3 is 0 Å². The number of benzene rings is 2. The summed E-state index contributed by atoms with van der Waals surface area (Å²) in [5.74, 6) is -0.242. The Balaban J connectivity index is 1.64. The fourth-order valence-electron chi connectivity index (χ4n) is 4.37. The zero-order valence-electron chi connectivity index (χ0n) is 18.5. The number of aryl methyl sites for hydroxylation is 1. The zero-order valence-corrected chi connectivity index (χ0v) is 20.1. The second-order valence-electron chi connectivity index (χ2n) is 8.10. The molecule has 2 atom stereocenters. The Morgan fingerprint density at radius 3 is 2.38 bits per heavy atom. The molecular weight excluding hydrogens is 440 g/mol. The topological polar surface area (TPSA) is 40.6 Å². The number of likely N-dealkylation sites (N-methyl/N-ethyl adjacent to an activating group) is 1. The molecule has 1 aliphatic heterocycles. The van der Waals surface area contributed by atoms with Gasteiger partial charge in [0.2, 0.25) is 5.91 Å². The van der Waals surface area contributed by atoms with E-state index in [9.17, 15) is 9.59 Å². The standard InChI is InChI=1S/C26H27ClN2O2S/c1-4-18-6-8-19(9-7-18)24(30)29-17(3)16-23(22-14-15-32-26(22)29)25(31)28(5-2)21-12-10-20(27)11-13-21/h6-15,17,23H,4-5,16H2,1-3H3/t17-,23-/m0/s1. The third kappa shape index (κ3) is 4.19. The normalized spacial score (nSPS) is 17.7. The van der Waals surface area contributed by atoms with Crippen LogP contribution in [-0.2, 0) is 11.2 Å². The Morgan fingerprint density at radius 2 is 1.75 bits per heavy atom. The van der Waals surface area contributed by atoms with Crippen molar-refractivity contribution >= 4 is 45.4 Å². The predicted molar refractivity (Wildman–Crippen MR) is 133 cm³/mol. The van der Waals surface area contributed by atoms with Crippen LogP contribution in [-0.4, -0.2) is 24.4 Å². The van der Waals surface area contributed by atoms with Gasteiger partial charge in [0, 0.05) is 28.9 Å². The van der Waals surface area contributed by atoms with Crippen LogP contribution >= 0.6 is 22.9 Å². The fraction of sp³-hybridized carbons (Fsp3) is 0.308. The van der Waals surface area contributed by atoms with Crippen molar-refractivity contribution in [3.05, 3.63) is 81.7 Å². The van der Waals surface area contributed by atoms with E-state index in [1.54, 1.807) is 17.0 Å². The van der Waals surface area contributed by atoms with Crippen LogP contribution in [0.25, 0.3) is 0 Å². The molecule has 0 saturated heterocycles. The van der Waals surface area contributed by atoms with Gasteiger partial charge in [-0.05, 0) is 85.7 Å². The van der Waals surface area contributed by atoms with E-state index in [1.165, 1.54) is 16.9 Å². The van der Waals surface area contributed by atoms with Crippen molar-refractivity contribution in [3.63, 3.8) is 0 Å². The maximum Gasteiger partial charge on any atom is 0.259 e. The molecule has 2 amide bonds. The van der Waals surface area contributed by atoms with Gasteiger partial charge in [0.15, 0.2) is 0 Å². The molecule has 6 heteroatoms. The monoisotopic (exact) mass is 466 g/mol. The first kappa shape index (κ1) is 22.6. The number of hydrogen-bond donors (Lipinski definition) is 0. The zero-order chi connectivity index (χ0) is 22.8. The van der Waals surface area contributed by atoms with E-state index in [-0.39, 0.29) is 23.8 Å². The summed E-state index contributed by atoms with van der Waals surface area (Å²) in [5, 5.41) is 3.49. The summed E-state index contributed by atoms with van der Waals surface area (Å²) in [6.45, 7) is 6.67. The van der Waals surface area contributed by atoms with Crippen LogP contribution in [0.5, 0.6) is 0 Å². The first-order valence-electron chi connectivity index (χ1n) is 11.0. The Morgan fingerprint density at radius 1 is 1.06 bits per heavy atom. The Hall–Kier alpha value is -2.63. The molecule has 0 saturated carbocycles. The molecule has 1 aliphatic rings. The van der Waals surface area contributed by atoms with Crippen LogP contribution in [0.15, 0.2) is 60.0 Å². The molecule has 0 spiro atoms. The van der Waals surface area contributed by atoms with Crippen LogP contribution in [0, 0.1) is 0 Å². The van der Waals surface area contributed by atoms with Gasteiger partial charge in [-0.25, -0.2) is 0 Å². The van der Waals surface area contributed by atoms with Gasteiger partial charge < -0.3 is 4.90 Å². The summed E-state index contributed by atoms with van der Waals surface area (Å²) < 4.78 is 0. The van der Waals surface area contributed by atoms with Crippen molar-refractivity contribution in [2.24, 2.45) is 0 Å². The predicted octanol–water partition coefficient (Wildman–Crippen LogP) is 6.54. The van der Waals surface area contributed by atoms with E-state index in [0.29, 0.717) is 23.6 Å². The number of thiophene rings is 1. The highest BCUT2D eigenvalue weighted by Gasteiger charge is 2.39. The van der Waals surface area contributed by atoms with Crippen molar-refractivity contribution < 1.29 is 9.59 Å². The summed E-state index contributed by atoms with van der Waals surface area (Å²) in [6.07, 6.45) is 1.53. The molecule has 0 aliphatic carbocycles. The SMILES string of the molecule is CCc1ccc(C(=O)N2c3sccc3[C@@H](C(=O)N(CC)c3ccc(Cl)cc3)C[C@@H]2C)cc1. The molecule has 0 N–H and O–H groups in total. The molecule has 4 rings (SSSR count). The lowest BCUT2D eigenvalue weighted by Gasteiger charge is -2.38. The molecule has 1 aromatic heterocycles. The second kappa shape index (κ2) is 9.47. The number of fused-ring (bicyclic) bond motifs is 1. The fourth-order valence-corrected chi connectivity index (χ4v) is 5.56. The highest BCUT2D eigenvalue weighted by molar-refractivity contribution is 7.14. The van der Waals surface area contributed by atoms with Crippen LogP contribution in [0.2, 0.25) is 5.02 Å². The minimum absolute atomic E-state index is 0.0141. The highest BCUT2D eigenvalue weighted by Crippen LogP contribution is 2.44. The first-order valence-corrected chi connectivity index (χ1v) is 12.3. The molecule has 0 fully saturated rings. The number of halogens is 1. The van der Waals surface area contributed by atoms with E-state index >= 15 is 0 Å². The second-order valence-corrected chi connectivity index (χ2v) is 9.43. The molecule has 0 bridgehead atoms. The van der Waals surface area contributed by atoms with Gasteiger partial charge in [0.25, 0.3) is 5.91 Å². The lowest BCUT2D eigenvalue weighted by atomic mass is 9.87. The lowest BCUT2D eigenvalue weighted by Crippen LogP contribution is -2.46. The molecule has 3 aromatic rings. The number of amides is 2. The number of carbonyl (C=O) groups is 2. The minimum atomic E-state index is -0.284. The average molecular weight is 467 g/mol. The summed E-state index contributed by atoms with van der Waals surface area (Å²) >= 11 is 7.56. The van der Waals surface area contributed by atoms with Crippen LogP contribution in [0.3, 0.4) is 0 Å². The Bertz CT molecular complexity index is 1110. The van der Waals surface area contributed by atoms with Crippen molar-refractivity contribution in [2.75, 3.05) is 16.3 Å². The molecular formula is C26H27ClN2O2S. The van der Waals surface area contributed by atoms with Gasteiger partial charge in [0.05, 0.1) is 5.92 Å². The van der Waals surface area contributed by atoms with Gasteiger partial charge in [-0.15, -0.1) is 11.3 Å². The summed E-state index contributed by atoms with van der Waals surface area (Å²) in [4.78, 5) is 30.7.